The number of nitrogens with zero attached hydrogens (tertiary/aromatic N) is 2. The van der Waals surface area contributed by atoms with Crippen LogP contribution in [0, 0.1) is 5.41 Å². The van der Waals surface area contributed by atoms with E-state index in [-0.39, 0.29) is 0 Å². The molecule has 0 radical (unpaired) electrons. The fourth-order valence-electron chi connectivity index (χ4n) is 2.56. The van der Waals surface area contributed by atoms with Crippen LogP contribution >= 0.6 is 0 Å². The van der Waals surface area contributed by atoms with Crippen molar-refractivity contribution in [2.75, 3.05) is 18.0 Å². The Hall–Kier alpha value is -2.04. The van der Waals surface area contributed by atoms with Gasteiger partial charge in [0.15, 0.2) is 0 Å². The van der Waals surface area contributed by atoms with Gasteiger partial charge in [0.05, 0.1) is 17.1 Å². The summed E-state index contributed by atoms with van der Waals surface area (Å²) in [5, 5.41) is 10.2. The number of fused-ring (bicyclic) bond motifs is 1. The molecule has 0 amide bonds. The van der Waals surface area contributed by atoms with Crippen LogP contribution in [-0.2, 0) is 4.79 Å². The summed E-state index contributed by atoms with van der Waals surface area (Å²) in [6, 6.07) is 3.74. The Morgan fingerprint density at radius 1 is 1.42 bits per heavy atom. The summed E-state index contributed by atoms with van der Waals surface area (Å²) in [7, 11) is 0. The number of rotatable bonds is 2. The Labute approximate surface area is 110 Å². The molecular formula is C14H16N2O3. The minimum atomic E-state index is -0.707. The number of carbonyl (C=O) groups is 1. The Kier molecular flexibility index (Phi) is 2.69. The van der Waals surface area contributed by atoms with Crippen molar-refractivity contribution >= 4 is 22.8 Å². The van der Waals surface area contributed by atoms with Gasteiger partial charge in [0.25, 0.3) is 0 Å². The highest BCUT2D eigenvalue weighted by molar-refractivity contribution is 5.88. The van der Waals surface area contributed by atoms with Gasteiger partial charge in [-0.25, -0.2) is 4.98 Å². The molecule has 0 spiro atoms. The van der Waals surface area contributed by atoms with Gasteiger partial charge in [-0.05, 0) is 31.9 Å². The quantitative estimate of drug-likeness (QED) is 0.898. The van der Waals surface area contributed by atoms with Crippen molar-refractivity contribution in [3.05, 3.63) is 24.6 Å². The molecule has 19 heavy (non-hydrogen) atoms. The Bertz CT molecular complexity index is 612. The van der Waals surface area contributed by atoms with Gasteiger partial charge in [-0.2, -0.15) is 0 Å². The molecule has 1 N–H and O–H groups in total. The number of furan rings is 1. The second-order valence-electron chi connectivity index (χ2n) is 5.32. The van der Waals surface area contributed by atoms with E-state index in [0.29, 0.717) is 25.9 Å². The number of hydrogen-bond donors (Lipinski definition) is 1. The van der Waals surface area contributed by atoms with E-state index in [1.54, 1.807) is 12.5 Å². The molecule has 3 heterocycles. The lowest BCUT2D eigenvalue weighted by molar-refractivity contribution is -0.149. The number of aliphatic carboxylic acids is 1. The van der Waals surface area contributed by atoms with Gasteiger partial charge < -0.3 is 14.4 Å². The molecule has 1 aliphatic heterocycles. The van der Waals surface area contributed by atoms with E-state index in [1.807, 2.05) is 19.1 Å². The maximum atomic E-state index is 11.2. The summed E-state index contributed by atoms with van der Waals surface area (Å²) in [5.74, 6) is 0.181. The highest BCUT2D eigenvalue weighted by Gasteiger charge is 2.37. The largest absolute Gasteiger partial charge is 0.481 e. The van der Waals surface area contributed by atoms with Crippen LogP contribution in [0.1, 0.15) is 19.8 Å². The number of hydrogen-bond acceptors (Lipinski definition) is 4. The van der Waals surface area contributed by atoms with Crippen molar-refractivity contribution in [2.45, 2.75) is 19.8 Å². The van der Waals surface area contributed by atoms with Crippen molar-refractivity contribution in [3.63, 3.8) is 0 Å². The van der Waals surface area contributed by atoms with Crippen molar-refractivity contribution < 1.29 is 14.3 Å². The molecule has 0 aromatic carbocycles. The molecular weight excluding hydrogens is 244 g/mol. The predicted molar refractivity (Wildman–Crippen MR) is 71.2 cm³/mol. The third-order valence-corrected chi connectivity index (χ3v) is 4.04. The third kappa shape index (κ3) is 1.95. The van der Waals surface area contributed by atoms with Crippen LogP contribution < -0.4 is 4.90 Å². The van der Waals surface area contributed by atoms with Crippen molar-refractivity contribution in [2.24, 2.45) is 5.41 Å². The normalized spacial score (nSPS) is 18.7. The van der Waals surface area contributed by atoms with Gasteiger partial charge in [0.2, 0.25) is 0 Å². The van der Waals surface area contributed by atoms with Crippen LogP contribution in [0.2, 0.25) is 0 Å². The molecule has 0 atom stereocenters. The van der Waals surface area contributed by atoms with Gasteiger partial charge in [0, 0.05) is 19.3 Å². The molecule has 1 fully saturated rings. The molecule has 0 saturated carbocycles. The van der Waals surface area contributed by atoms with E-state index in [2.05, 4.69) is 9.88 Å². The van der Waals surface area contributed by atoms with E-state index in [9.17, 15) is 9.90 Å². The second kappa shape index (κ2) is 4.26. The van der Waals surface area contributed by atoms with E-state index < -0.39 is 11.4 Å². The lowest BCUT2D eigenvalue weighted by atomic mass is 9.80. The van der Waals surface area contributed by atoms with Crippen LogP contribution in [0.5, 0.6) is 0 Å². The zero-order valence-corrected chi connectivity index (χ0v) is 10.8. The fraction of sp³-hybridized carbons (Fsp3) is 0.429. The number of carboxylic acid groups (broad SMARTS) is 1. The average molecular weight is 260 g/mol. The number of anilines is 1. The monoisotopic (exact) mass is 260 g/mol. The highest BCUT2D eigenvalue weighted by Crippen LogP contribution is 2.34. The van der Waals surface area contributed by atoms with E-state index >= 15 is 0 Å². The maximum absolute atomic E-state index is 11.2. The Morgan fingerprint density at radius 2 is 2.16 bits per heavy atom. The minimum absolute atomic E-state index is 0.610. The fourth-order valence-corrected chi connectivity index (χ4v) is 2.56. The number of aromatic nitrogens is 1. The highest BCUT2D eigenvalue weighted by atomic mass is 16.4. The van der Waals surface area contributed by atoms with Gasteiger partial charge in [-0.15, -0.1) is 0 Å². The van der Waals surface area contributed by atoms with E-state index in [1.165, 1.54) is 0 Å². The summed E-state index contributed by atoms with van der Waals surface area (Å²) in [6.45, 7) is 3.23. The zero-order valence-electron chi connectivity index (χ0n) is 10.8. The molecule has 0 aliphatic carbocycles. The average Bonchev–Trinajstić information content (AvgIpc) is 2.87. The molecule has 2 aromatic rings. The summed E-state index contributed by atoms with van der Waals surface area (Å²) >= 11 is 0. The first-order valence-electron chi connectivity index (χ1n) is 6.41. The van der Waals surface area contributed by atoms with Crippen LogP contribution in [-0.4, -0.2) is 29.1 Å². The smallest absolute Gasteiger partial charge is 0.309 e. The second-order valence-corrected chi connectivity index (χ2v) is 5.32. The van der Waals surface area contributed by atoms with Gasteiger partial charge in [-0.1, -0.05) is 0 Å². The van der Waals surface area contributed by atoms with Crippen molar-refractivity contribution in [1.82, 2.24) is 4.98 Å². The van der Waals surface area contributed by atoms with Gasteiger partial charge >= 0.3 is 5.97 Å². The maximum Gasteiger partial charge on any atom is 0.309 e. The minimum Gasteiger partial charge on any atom is -0.481 e. The summed E-state index contributed by atoms with van der Waals surface area (Å²) in [6.07, 6.45) is 4.66. The molecule has 1 aliphatic rings. The first-order valence-corrected chi connectivity index (χ1v) is 6.41. The van der Waals surface area contributed by atoms with Gasteiger partial charge in [0.1, 0.15) is 11.4 Å². The number of pyridine rings is 1. The van der Waals surface area contributed by atoms with Gasteiger partial charge in [-0.3, -0.25) is 4.79 Å². The molecule has 3 rings (SSSR count). The van der Waals surface area contributed by atoms with Crippen LogP contribution in [0.25, 0.3) is 11.0 Å². The first-order chi connectivity index (χ1) is 9.10. The van der Waals surface area contributed by atoms with E-state index in [4.69, 9.17) is 4.42 Å². The lowest BCUT2D eigenvalue weighted by Gasteiger charge is -2.37. The molecule has 1 saturated heterocycles. The molecule has 2 aromatic heterocycles. The van der Waals surface area contributed by atoms with Crippen LogP contribution in [0.15, 0.2) is 29.0 Å². The summed E-state index contributed by atoms with van der Waals surface area (Å²) in [5.41, 5.74) is 0.206. The topological polar surface area (TPSA) is 66.6 Å². The molecule has 5 nitrogen and oxygen atoms in total. The SMILES string of the molecule is CC1(C(=O)O)CCN(c2nccc3occc23)CC1. The zero-order chi connectivity index (χ0) is 13.5. The Balaban J connectivity index is 1.86. The first kappa shape index (κ1) is 12.0. The summed E-state index contributed by atoms with van der Waals surface area (Å²) in [4.78, 5) is 17.8. The van der Waals surface area contributed by atoms with Crippen molar-refractivity contribution in [1.29, 1.82) is 0 Å². The Morgan fingerprint density at radius 3 is 2.84 bits per heavy atom. The molecule has 0 bridgehead atoms. The predicted octanol–water partition coefficient (Wildman–Crippen LogP) is 2.52. The molecule has 100 valence electrons. The van der Waals surface area contributed by atoms with Crippen LogP contribution in [0.4, 0.5) is 5.82 Å². The van der Waals surface area contributed by atoms with Crippen LogP contribution in [0.3, 0.4) is 0 Å². The molecule has 0 unspecified atom stereocenters. The standard InChI is InChI=1S/C14H16N2O3/c1-14(13(17)18)4-7-16(8-5-14)12-10-3-9-19-11(10)2-6-15-12/h2-3,6,9H,4-5,7-8H2,1H3,(H,17,18). The van der Waals surface area contributed by atoms with E-state index in [0.717, 1.165) is 16.8 Å². The number of piperidine rings is 1. The lowest BCUT2D eigenvalue weighted by Crippen LogP contribution is -2.43. The molecule has 5 heteroatoms. The number of carboxylic acids is 1. The van der Waals surface area contributed by atoms with Crippen molar-refractivity contribution in [3.8, 4) is 0 Å². The third-order valence-electron chi connectivity index (χ3n) is 4.04. The summed E-state index contributed by atoms with van der Waals surface area (Å²) < 4.78 is 5.37.